The molecule has 0 aliphatic carbocycles. The van der Waals surface area contributed by atoms with Crippen molar-refractivity contribution in [1.29, 1.82) is 0 Å². The Hall–Kier alpha value is -1.24. The van der Waals surface area contributed by atoms with E-state index >= 15 is 0 Å². The number of rotatable bonds is 7. The van der Waals surface area contributed by atoms with Gasteiger partial charge >= 0.3 is 0 Å². The summed E-state index contributed by atoms with van der Waals surface area (Å²) >= 11 is 5.15. The van der Waals surface area contributed by atoms with Gasteiger partial charge in [-0.2, -0.15) is 0 Å². The van der Waals surface area contributed by atoms with E-state index < -0.39 is 0 Å². The molecule has 1 unspecified atom stereocenters. The van der Waals surface area contributed by atoms with Gasteiger partial charge in [-0.3, -0.25) is 10.1 Å². The summed E-state index contributed by atoms with van der Waals surface area (Å²) in [4.78, 5) is 11.8. The maximum atomic E-state index is 10.9. The molecule has 0 saturated carbocycles. The molecule has 6 heteroatoms. The van der Waals surface area contributed by atoms with Crippen molar-refractivity contribution in [2.45, 2.75) is 32.4 Å². The third kappa shape index (κ3) is 4.62. The fraction of sp³-hybridized carbons (Fsp3) is 0.333. The SMILES string of the molecule is CCCC(NCc1ccc(Br)s1)c1cccc([N+](=O)[O-])c1. The summed E-state index contributed by atoms with van der Waals surface area (Å²) in [5, 5.41) is 14.4. The van der Waals surface area contributed by atoms with Crippen molar-refractivity contribution in [2.75, 3.05) is 0 Å². The molecule has 0 bridgehead atoms. The number of hydrogen-bond acceptors (Lipinski definition) is 4. The van der Waals surface area contributed by atoms with Gasteiger partial charge in [0.2, 0.25) is 0 Å². The first-order valence-electron chi connectivity index (χ1n) is 6.82. The van der Waals surface area contributed by atoms with Crippen molar-refractivity contribution in [3.8, 4) is 0 Å². The van der Waals surface area contributed by atoms with Gasteiger partial charge in [0.25, 0.3) is 5.69 Å². The Morgan fingerprint density at radius 3 is 2.81 bits per heavy atom. The van der Waals surface area contributed by atoms with Crippen molar-refractivity contribution in [3.05, 3.63) is 60.7 Å². The van der Waals surface area contributed by atoms with Gasteiger partial charge in [-0.15, -0.1) is 11.3 Å². The van der Waals surface area contributed by atoms with E-state index in [-0.39, 0.29) is 16.7 Å². The maximum Gasteiger partial charge on any atom is 0.269 e. The van der Waals surface area contributed by atoms with Gasteiger partial charge in [0.15, 0.2) is 0 Å². The van der Waals surface area contributed by atoms with E-state index in [0.29, 0.717) is 0 Å². The Balaban J connectivity index is 2.10. The van der Waals surface area contributed by atoms with Gasteiger partial charge in [0.05, 0.1) is 8.71 Å². The van der Waals surface area contributed by atoms with E-state index in [1.807, 2.05) is 12.1 Å². The van der Waals surface area contributed by atoms with Crippen LogP contribution in [-0.4, -0.2) is 4.92 Å². The lowest BCUT2D eigenvalue weighted by atomic mass is 10.0. The highest BCUT2D eigenvalue weighted by Gasteiger charge is 2.14. The van der Waals surface area contributed by atoms with E-state index in [1.54, 1.807) is 23.5 Å². The fourth-order valence-electron chi connectivity index (χ4n) is 2.20. The Kier molecular flexibility index (Phi) is 5.90. The third-order valence-corrected chi connectivity index (χ3v) is 4.84. The minimum absolute atomic E-state index is 0.135. The maximum absolute atomic E-state index is 10.9. The monoisotopic (exact) mass is 368 g/mol. The molecule has 1 aromatic carbocycles. The number of nitro benzene ring substituents is 1. The lowest BCUT2D eigenvalue weighted by Gasteiger charge is -2.18. The van der Waals surface area contributed by atoms with Gasteiger partial charge in [0, 0.05) is 29.6 Å². The van der Waals surface area contributed by atoms with Crippen molar-refractivity contribution in [3.63, 3.8) is 0 Å². The molecule has 0 radical (unpaired) electrons. The molecule has 0 aliphatic heterocycles. The van der Waals surface area contributed by atoms with E-state index in [1.165, 1.54) is 10.9 Å². The molecule has 1 atom stereocenters. The number of nitrogens with zero attached hydrogens (tertiary/aromatic N) is 1. The zero-order chi connectivity index (χ0) is 15.2. The molecule has 1 heterocycles. The van der Waals surface area contributed by atoms with Crippen LogP contribution in [0.25, 0.3) is 0 Å². The molecular weight excluding hydrogens is 352 g/mol. The average molecular weight is 369 g/mol. The Morgan fingerprint density at radius 2 is 2.19 bits per heavy atom. The predicted molar refractivity (Wildman–Crippen MR) is 89.6 cm³/mol. The van der Waals surface area contributed by atoms with Gasteiger partial charge < -0.3 is 5.32 Å². The van der Waals surface area contributed by atoms with Gasteiger partial charge in [-0.1, -0.05) is 25.5 Å². The van der Waals surface area contributed by atoms with Crippen LogP contribution in [0, 0.1) is 10.1 Å². The van der Waals surface area contributed by atoms with Crippen LogP contribution in [0.15, 0.2) is 40.2 Å². The second-order valence-corrected chi connectivity index (χ2v) is 7.33. The molecule has 4 nitrogen and oxygen atoms in total. The number of nitrogens with one attached hydrogen (secondary N) is 1. The number of nitro groups is 1. The Morgan fingerprint density at radius 1 is 1.38 bits per heavy atom. The summed E-state index contributed by atoms with van der Waals surface area (Å²) in [6.45, 7) is 2.89. The molecule has 0 spiro atoms. The van der Waals surface area contributed by atoms with Crippen LogP contribution in [0.1, 0.15) is 36.2 Å². The highest BCUT2D eigenvalue weighted by atomic mass is 79.9. The topological polar surface area (TPSA) is 55.2 Å². The molecule has 21 heavy (non-hydrogen) atoms. The molecule has 0 amide bonds. The lowest BCUT2D eigenvalue weighted by Crippen LogP contribution is -2.20. The van der Waals surface area contributed by atoms with Crippen LogP contribution in [0.3, 0.4) is 0 Å². The van der Waals surface area contributed by atoms with Crippen LogP contribution in [-0.2, 0) is 6.54 Å². The highest BCUT2D eigenvalue weighted by molar-refractivity contribution is 9.11. The fourth-order valence-corrected chi connectivity index (χ4v) is 3.63. The zero-order valence-electron chi connectivity index (χ0n) is 11.7. The van der Waals surface area contributed by atoms with E-state index in [0.717, 1.165) is 28.7 Å². The predicted octanol–water partition coefficient (Wildman–Crippen LogP) is 5.05. The summed E-state index contributed by atoms with van der Waals surface area (Å²) in [5.74, 6) is 0. The summed E-state index contributed by atoms with van der Waals surface area (Å²) < 4.78 is 1.11. The van der Waals surface area contributed by atoms with Crippen molar-refractivity contribution in [2.24, 2.45) is 0 Å². The molecule has 2 aromatic rings. The molecule has 0 aliphatic rings. The van der Waals surface area contributed by atoms with Crippen LogP contribution >= 0.6 is 27.3 Å². The minimum Gasteiger partial charge on any atom is -0.305 e. The molecule has 112 valence electrons. The Bertz CT molecular complexity index is 615. The second-order valence-electron chi connectivity index (χ2n) is 4.78. The number of halogens is 1. The lowest BCUT2D eigenvalue weighted by molar-refractivity contribution is -0.384. The molecule has 2 rings (SSSR count). The van der Waals surface area contributed by atoms with Crippen molar-refractivity contribution >= 4 is 33.0 Å². The molecule has 0 fully saturated rings. The number of thiophene rings is 1. The van der Waals surface area contributed by atoms with E-state index in [4.69, 9.17) is 0 Å². The second kappa shape index (κ2) is 7.68. The third-order valence-electron chi connectivity index (χ3n) is 3.21. The van der Waals surface area contributed by atoms with Crippen LogP contribution < -0.4 is 5.32 Å². The first-order chi connectivity index (χ1) is 10.1. The van der Waals surface area contributed by atoms with Gasteiger partial charge in [-0.25, -0.2) is 0 Å². The van der Waals surface area contributed by atoms with Crippen molar-refractivity contribution < 1.29 is 4.92 Å². The van der Waals surface area contributed by atoms with Gasteiger partial charge in [-0.05, 0) is 40.0 Å². The summed E-state index contributed by atoms with van der Waals surface area (Å²) in [6, 6.07) is 11.1. The van der Waals surface area contributed by atoms with Crippen LogP contribution in [0.2, 0.25) is 0 Å². The first kappa shape index (κ1) is 16.1. The molecule has 1 aromatic heterocycles. The average Bonchev–Trinajstić information content (AvgIpc) is 2.89. The summed E-state index contributed by atoms with van der Waals surface area (Å²) in [6.07, 6.45) is 1.97. The van der Waals surface area contributed by atoms with E-state index in [2.05, 4.69) is 34.2 Å². The van der Waals surface area contributed by atoms with Crippen molar-refractivity contribution in [1.82, 2.24) is 5.32 Å². The number of non-ortho nitro benzene ring substituents is 1. The molecule has 0 saturated heterocycles. The number of hydrogen-bond donors (Lipinski definition) is 1. The molecular formula is C15H17BrN2O2S. The highest BCUT2D eigenvalue weighted by Crippen LogP contribution is 2.25. The van der Waals surface area contributed by atoms with Crippen LogP contribution in [0.5, 0.6) is 0 Å². The summed E-state index contributed by atoms with van der Waals surface area (Å²) in [5.41, 5.74) is 1.12. The summed E-state index contributed by atoms with van der Waals surface area (Å²) in [7, 11) is 0. The normalized spacial score (nSPS) is 12.3. The molecule has 1 N–H and O–H groups in total. The minimum atomic E-state index is -0.344. The number of benzene rings is 1. The Labute approximate surface area is 136 Å². The van der Waals surface area contributed by atoms with E-state index in [9.17, 15) is 10.1 Å². The quantitative estimate of drug-likeness (QED) is 0.549. The van der Waals surface area contributed by atoms with Crippen LogP contribution in [0.4, 0.5) is 5.69 Å². The smallest absolute Gasteiger partial charge is 0.269 e. The zero-order valence-corrected chi connectivity index (χ0v) is 14.1. The van der Waals surface area contributed by atoms with Gasteiger partial charge in [0.1, 0.15) is 0 Å². The standard InChI is InChI=1S/C15H17BrN2O2S/c1-2-4-14(17-10-13-7-8-15(16)21-13)11-5-3-6-12(9-11)18(19)20/h3,5-9,14,17H,2,4,10H2,1H3. The largest absolute Gasteiger partial charge is 0.305 e. The first-order valence-corrected chi connectivity index (χ1v) is 8.43.